The van der Waals surface area contributed by atoms with Crippen LogP contribution in [-0.2, 0) is 9.59 Å². The fourth-order valence-corrected chi connectivity index (χ4v) is 7.75. The molecule has 1 aromatic rings. The van der Waals surface area contributed by atoms with E-state index in [0.29, 0.717) is 21.5 Å². The van der Waals surface area contributed by atoms with E-state index in [1.807, 2.05) is 30.3 Å². The highest BCUT2D eigenvalue weighted by Gasteiger charge is 2.51. The zero-order valence-corrected chi connectivity index (χ0v) is 19.4. The number of nitrogens with zero attached hydrogens (tertiary/aromatic N) is 1. The van der Waals surface area contributed by atoms with E-state index in [-0.39, 0.29) is 23.8 Å². The molecular weight excluding hydrogens is 428 g/mol. The van der Waals surface area contributed by atoms with Gasteiger partial charge in [-0.1, -0.05) is 42.2 Å². The van der Waals surface area contributed by atoms with Crippen molar-refractivity contribution in [3.63, 3.8) is 0 Å². The SMILES string of the molecule is COc1ccccc1/C=C1\SC(=S)N(CCC(=O)NC23CC4CC(CC(C4)C2)C3)C1=O. The highest BCUT2D eigenvalue weighted by molar-refractivity contribution is 8.26. The quantitative estimate of drug-likeness (QED) is 0.509. The van der Waals surface area contributed by atoms with E-state index in [0.717, 1.165) is 42.6 Å². The summed E-state index contributed by atoms with van der Waals surface area (Å²) in [6.45, 7) is 0.326. The number of amides is 2. The predicted molar refractivity (Wildman–Crippen MR) is 127 cm³/mol. The second kappa shape index (κ2) is 8.24. The van der Waals surface area contributed by atoms with E-state index >= 15 is 0 Å². The smallest absolute Gasteiger partial charge is 0.266 e. The molecule has 5 nitrogen and oxygen atoms in total. The first-order valence-corrected chi connectivity index (χ1v) is 12.4. The van der Waals surface area contributed by atoms with Crippen molar-refractivity contribution in [2.24, 2.45) is 17.8 Å². The summed E-state index contributed by atoms with van der Waals surface area (Å²) in [4.78, 5) is 27.9. The third-order valence-corrected chi connectivity index (χ3v) is 8.68. The average molecular weight is 457 g/mol. The van der Waals surface area contributed by atoms with Gasteiger partial charge in [-0.25, -0.2) is 0 Å². The molecule has 5 aliphatic rings. The number of ether oxygens (including phenoxy) is 1. The molecule has 4 saturated carbocycles. The largest absolute Gasteiger partial charge is 0.496 e. The highest BCUT2D eigenvalue weighted by atomic mass is 32.2. The predicted octanol–water partition coefficient (Wildman–Crippen LogP) is 4.37. The Morgan fingerprint density at radius 2 is 1.87 bits per heavy atom. The summed E-state index contributed by atoms with van der Waals surface area (Å²) in [6, 6.07) is 7.57. The van der Waals surface area contributed by atoms with Gasteiger partial charge in [-0.3, -0.25) is 14.5 Å². The Labute approximate surface area is 193 Å². The van der Waals surface area contributed by atoms with E-state index in [1.54, 1.807) is 12.0 Å². The van der Waals surface area contributed by atoms with E-state index in [2.05, 4.69) is 5.32 Å². The minimum absolute atomic E-state index is 0.00500. The van der Waals surface area contributed by atoms with Gasteiger partial charge in [-0.2, -0.15) is 0 Å². The number of para-hydroxylation sites is 1. The van der Waals surface area contributed by atoms with Crippen molar-refractivity contribution in [2.45, 2.75) is 50.5 Å². The molecule has 5 fully saturated rings. The van der Waals surface area contributed by atoms with Gasteiger partial charge in [-0.05, 0) is 68.4 Å². The summed E-state index contributed by atoms with van der Waals surface area (Å²) in [5.74, 6) is 2.99. The Bertz CT molecular complexity index is 923. The van der Waals surface area contributed by atoms with Crippen LogP contribution in [0.15, 0.2) is 29.2 Å². The van der Waals surface area contributed by atoms with Crippen LogP contribution in [-0.4, -0.2) is 40.2 Å². The van der Waals surface area contributed by atoms with Gasteiger partial charge in [-0.15, -0.1) is 0 Å². The lowest BCUT2D eigenvalue weighted by Crippen LogP contribution is -2.60. The Morgan fingerprint density at radius 1 is 1.23 bits per heavy atom. The van der Waals surface area contributed by atoms with Gasteiger partial charge >= 0.3 is 0 Å². The zero-order valence-electron chi connectivity index (χ0n) is 17.8. The summed E-state index contributed by atoms with van der Waals surface area (Å²) in [5.41, 5.74) is 0.843. The molecule has 0 unspecified atom stereocenters. The second-order valence-corrected chi connectivity index (χ2v) is 11.2. The van der Waals surface area contributed by atoms with Gasteiger partial charge in [0.05, 0.1) is 12.0 Å². The second-order valence-electron chi connectivity index (χ2n) is 9.57. The zero-order chi connectivity index (χ0) is 21.6. The van der Waals surface area contributed by atoms with Gasteiger partial charge in [0.1, 0.15) is 10.1 Å². The van der Waals surface area contributed by atoms with Gasteiger partial charge < -0.3 is 10.1 Å². The Hall–Kier alpha value is -1.86. The van der Waals surface area contributed by atoms with E-state index in [9.17, 15) is 9.59 Å². The first-order valence-electron chi connectivity index (χ1n) is 11.1. The van der Waals surface area contributed by atoms with Crippen molar-refractivity contribution >= 4 is 46.2 Å². The number of benzene rings is 1. The molecular formula is C24H28N2O3S2. The maximum atomic E-state index is 12.9. The van der Waals surface area contributed by atoms with Gasteiger partial charge in [0, 0.05) is 24.1 Å². The molecule has 7 heteroatoms. The monoisotopic (exact) mass is 456 g/mol. The van der Waals surface area contributed by atoms with E-state index < -0.39 is 0 Å². The van der Waals surface area contributed by atoms with Crippen LogP contribution < -0.4 is 10.1 Å². The average Bonchev–Trinajstić information content (AvgIpc) is 2.98. The van der Waals surface area contributed by atoms with E-state index in [4.69, 9.17) is 17.0 Å². The minimum Gasteiger partial charge on any atom is -0.496 e. The van der Waals surface area contributed by atoms with Gasteiger partial charge in [0.25, 0.3) is 5.91 Å². The standard InChI is InChI=1S/C24H28N2O3S2/c1-29-19-5-3-2-4-18(19)11-20-22(28)26(23(30)31-20)7-6-21(27)25-24-12-15-8-16(13-24)10-17(9-15)14-24/h2-5,11,15-17H,6-10,12-14H2,1H3,(H,25,27)/b20-11-. The molecule has 4 aliphatic carbocycles. The molecule has 0 atom stereocenters. The molecule has 31 heavy (non-hydrogen) atoms. The Kier molecular flexibility index (Phi) is 5.59. The molecule has 0 aromatic heterocycles. The van der Waals surface area contributed by atoms with Crippen LogP contribution in [0.25, 0.3) is 6.08 Å². The lowest BCUT2D eigenvalue weighted by molar-refractivity contribution is -0.127. The van der Waals surface area contributed by atoms with Gasteiger partial charge in [0.2, 0.25) is 5.91 Å². The van der Waals surface area contributed by atoms with Crippen LogP contribution in [0, 0.1) is 17.8 Å². The van der Waals surface area contributed by atoms with E-state index in [1.165, 1.54) is 31.0 Å². The summed E-state index contributed by atoms with van der Waals surface area (Å²) in [5, 5.41) is 3.39. The molecule has 1 heterocycles. The maximum Gasteiger partial charge on any atom is 0.266 e. The summed E-state index contributed by atoms with van der Waals surface area (Å²) in [7, 11) is 1.61. The van der Waals surface area contributed by atoms with Crippen LogP contribution in [0.3, 0.4) is 0 Å². The normalized spacial score (nSPS) is 32.7. The van der Waals surface area contributed by atoms with Crippen LogP contribution in [0.4, 0.5) is 0 Å². The first kappa shape index (κ1) is 21.0. The topological polar surface area (TPSA) is 58.6 Å². The molecule has 4 bridgehead atoms. The highest BCUT2D eigenvalue weighted by Crippen LogP contribution is 2.55. The molecule has 1 aromatic carbocycles. The molecule has 0 spiro atoms. The summed E-state index contributed by atoms with van der Waals surface area (Å²) in [6.07, 6.45) is 9.55. The first-order chi connectivity index (χ1) is 14.9. The maximum absolute atomic E-state index is 12.9. The van der Waals surface area contributed by atoms with Crippen molar-refractivity contribution in [1.29, 1.82) is 0 Å². The molecule has 1 saturated heterocycles. The van der Waals surface area contributed by atoms with Crippen molar-refractivity contribution in [3.05, 3.63) is 34.7 Å². The lowest BCUT2D eigenvalue weighted by atomic mass is 9.53. The van der Waals surface area contributed by atoms with Crippen LogP contribution in [0.1, 0.15) is 50.5 Å². The Balaban J connectivity index is 1.21. The third-order valence-electron chi connectivity index (χ3n) is 7.30. The molecule has 1 aliphatic heterocycles. The molecule has 1 N–H and O–H groups in total. The number of nitrogens with one attached hydrogen (secondary N) is 1. The molecule has 2 amide bonds. The summed E-state index contributed by atoms with van der Waals surface area (Å²) < 4.78 is 5.88. The summed E-state index contributed by atoms with van der Waals surface area (Å²) >= 11 is 6.72. The van der Waals surface area contributed by atoms with Crippen molar-refractivity contribution < 1.29 is 14.3 Å². The number of thioether (sulfide) groups is 1. The number of hydrogen-bond acceptors (Lipinski definition) is 5. The number of hydrogen-bond donors (Lipinski definition) is 1. The molecule has 164 valence electrons. The van der Waals surface area contributed by atoms with Crippen molar-refractivity contribution in [1.82, 2.24) is 10.2 Å². The number of rotatable bonds is 6. The van der Waals surface area contributed by atoms with Crippen molar-refractivity contribution in [2.75, 3.05) is 13.7 Å². The van der Waals surface area contributed by atoms with Crippen LogP contribution >= 0.6 is 24.0 Å². The fourth-order valence-electron chi connectivity index (χ4n) is 6.46. The van der Waals surface area contributed by atoms with Crippen LogP contribution in [0.2, 0.25) is 0 Å². The lowest BCUT2D eigenvalue weighted by Gasteiger charge is -2.57. The Morgan fingerprint density at radius 3 is 2.52 bits per heavy atom. The van der Waals surface area contributed by atoms with Gasteiger partial charge in [0.15, 0.2) is 0 Å². The third kappa shape index (κ3) is 4.14. The number of methoxy groups -OCH3 is 1. The number of thiocarbonyl (C=S) groups is 1. The number of carbonyl (C=O) groups excluding carboxylic acids is 2. The fraction of sp³-hybridized carbons (Fsp3) is 0.542. The van der Waals surface area contributed by atoms with Crippen LogP contribution in [0.5, 0.6) is 5.75 Å². The molecule has 6 rings (SSSR count). The molecule has 0 radical (unpaired) electrons. The number of carbonyl (C=O) groups is 2. The minimum atomic E-state index is -0.136. The van der Waals surface area contributed by atoms with Crippen molar-refractivity contribution in [3.8, 4) is 5.75 Å².